The molecule has 0 radical (unpaired) electrons. The number of carbonyl (C=O) groups excluding carboxylic acids is 1. The molecule has 0 aliphatic rings. The van der Waals surface area contributed by atoms with Gasteiger partial charge in [-0.15, -0.1) is 0 Å². The Morgan fingerprint density at radius 2 is 2.06 bits per heavy atom. The van der Waals surface area contributed by atoms with Crippen LogP contribution in [0.25, 0.3) is 16.6 Å². The third-order valence-electron chi connectivity index (χ3n) is 5.42. The molecule has 0 aliphatic carbocycles. The van der Waals surface area contributed by atoms with E-state index in [0.29, 0.717) is 23.3 Å². The second-order valence-electron chi connectivity index (χ2n) is 7.91. The highest BCUT2D eigenvalue weighted by Gasteiger charge is 2.19. The molecule has 0 fully saturated rings. The van der Waals surface area contributed by atoms with Crippen LogP contribution in [0.5, 0.6) is 5.75 Å². The first-order valence-corrected chi connectivity index (χ1v) is 11.7. The van der Waals surface area contributed by atoms with Crippen molar-refractivity contribution in [2.24, 2.45) is 0 Å². The SMILES string of the molecule is CC/C=C(\CCC)c1cccc2nc(Nc3c(C)cc(Cl)cc3OC)n(CCOC(C)=O)c12. The highest BCUT2D eigenvalue weighted by Crippen LogP contribution is 2.36. The largest absolute Gasteiger partial charge is 0.495 e. The summed E-state index contributed by atoms with van der Waals surface area (Å²) in [5, 5.41) is 4.06. The molecule has 1 aromatic heterocycles. The molecule has 0 bridgehead atoms. The summed E-state index contributed by atoms with van der Waals surface area (Å²) in [6.45, 7) is 8.44. The van der Waals surface area contributed by atoms with E-state index in [9.17, 15) is 4.79 Å². The van der Waals surface area contributed by atoms with Gasteiger partial charge in [-0.2, -0.15) is 0 Å². The Bertz CT molecular complexity index is 1170. The van der Waals surface area contributed by atoms with E-state index in [4.69, 9.17) is 26.1 Å². The van der Waals surface area contributed by atoms with Crippen molar-refractivity contribution in [3.8, 4) is 5.75 Å². The average Bonchev–Trinajstić information content (AvgIpc) is 3.12. The molecule has 0 atom stereocenters. The van der Waals surface area contributed by atoms with Crippen molar-refractivity contribution < 1.29 is 14.3 Å². The van der Waals surface area contributed by atoms with Crippen LogP contribution in [0, 0.1) is 6.92 Å². The van der Waals surface area contributed by atoms with Gasteiger partial charge in [0.15, 0.2) is 0 Å². The number of aryl methyl sites for hydroxylation is 1. The number of nitrogens with one attached hydrogen (secondary N) is 1. The number of anilines is 2. The van der Waals surface area contributed by atoms with Crippen molar-refractivity contribution in [1.82, 2.24) is 9.55 Å². The van der Waals surface area contributed by atoms with Crippen LogP contribution in [0.4, 0.5) is 11.6 Å². The van der Waals surface area contributed by atoms with E-state index in [-0.39, 0.29) is 12.6 Å². The maximum atomic E-state index is 11.4. The lowest BCUT2D eigenvalue weighted by atomic mass is 9.99. The number of ether oxygens (including phenoxy) is 2. The van der Waals surface area contributed by atoms with Gasteiger partial charge >= 0.3 is 5.97 Å². The topological polar surface area (TPSA) is 65.4 Å². The molecule has 3 aromatic rings. The number of fused-ring (bicyclic) bond motifs is 1. The molecule has 2 aromatic carbocycles. The normalized spacial score (nSPS) is 11.6. The lowest BCUT2D eigenvalue weighted by molar-refractivity contribution is -0.141. The number of methoxy groups -OCH3 is 1. The summed E-state index contributed by atoms with van der Waals surface area (Å²) < 4.78 is 12.9. The maximum Gasteiger partial charge on any atom is 0.302 e. The van der Waals surface area contributed by atoms with Gasteiger partial charge in [-0.3, -0.25) is 4.79 Å². The standard InChI is InChI=1S/C26H32ClN3O3/c1-6-9-19(10-7-2)21-11-8-12-22-25(21)30(13-14-33-18(4)31)26(28-22)29-24-17(3)15-20(27)16-23(24)32-5/h8-9,11-12,15-16H,6-7,10,13-14H2,1-5H3,(H,28,29)/b19-9+. The second kappa shape index (κ2) is 11.2. The first kappa shape index (κ1) is 24.6. The van der Waals surface area contributed by atoms with Crippen LogP contribution in [0.1, 0.15) is 51.2 Å². The molecule has 6 nitrogen and oxygen atoms in total. The molecule has 176 valence electrons. The van der Waals surface area contributed by atoms with Crippen LogP contribution in [0.2, 0.25) is 5.02 Å². The molecule has 0 aliphatic heterocycles. The number of nitrogens with zero attached hydrogens (tertiary/aromatic N) is 2. The molecule has 0 amide bonds. The molecule has 0 saturated carbocycles. The van der Waals surface area contributed by atoms with Crippen molar-refractivity contribution >= 4 is 45.8 Å². The Kier molecular flexibility index (Phi) is 8.39. The number of rotatable bonds is 10. The molecule has 7 heteroatoms. The molecule has 3 rings (SSSR count). The fourth-order valence-electron chi connectivity index (χ4n) is 4.05. The number of benzene rings is 2. The quantitative estimate of drug-likeness (QED) is 0.327. The molecule has 1 N–H and O–H groups in total. The first-order valence-electron chi connectivity index (χ1n) is 11.3. The molecule has 1 heterocycles. The predicted molar refractivity (Wildman–Crippen MR) is 136 cm³/mol. The van der Waals surface area contributed by atoms with Crippen molar-refractivity contribution in [3.63, 3.8) is 0 Å². The van der Waals surface area contributed by atoms with Gasteiger partial charge in [0.25, 0.3) is 0 Å². The summed E-state index contributed by atoms with van der Waals surface area (Å²) in [4.78, 5) is 16.3. The first-order chi connectivity index (χ1) is 15.9. The van der Waals surface area contributed by atoms with E-state index in [1.165, 1.54) is 12.5 Å². The predicted octanol–water partition coefficient (Wildman–Crippen LogP) is 6.91. The third kappa shape index (κ3) is 5.69. The number of aromatic nitrogens is 2. The molecule has 33 heavy (non-hydrogen) atoms. The van der Waals surface area contributed by atoms with Crippen LogP contribution < -0.4 is 10.1 Å². The number of esters is 1. The van der Waals surface area contributed by atoms with Crippen LogP contribution in [0.15, 0.2) is 36.4 Å². The van der Waals surface area contributed by atoms with E-state index in [2.05, 4.69) is 35.9 Å². The molecule has 0 spiro atoms. The number of carbonyl (C=O) groups is 1. The lowest BCUT2D eigenvalue weighted by Crippen LogP contribution is -2.12. The van der Waals surface area contributed by atoms with E-state index in [1.54, 1.807) is 13.2 Å². The number of halogens is 1. The Balaban J connectivity index is 2.18. The number of para-hydroxylation sites is 1. The summed E-state index contributed by atoms with van der Waals surface area (Å²) in [6, 6.07) is 9.85. The van der Waals surface area contributed by atoms with Crippen LogP contribution in [-0.2, 0) is 16.1 Å². The molecule has 0 unspecified atom stereocenters. The number of hydrogen-bond acceptors (Lipinski definition) is 5. The average molecular weight is 470 g/mol. The Morgan fingerprint density at radius 3 is 2.73 bits per heavy atom. The van der Waals surface area contributed by atoms with E-state index in [1.807, 2.05) is 25.1 Å². The third-order valence-corrected chi connectivity index (χ3v) is 5.64. The van der Waals surface area contributed by atoms with Gasteiger partial charge in [-0.25, -0.2) is 4.98 Å². The fraction of sp³-hybridized carbons (Fsp3) is 0.385. The number of hydrogen-bond donors (Lipinski definition) is 1. The van der Waals surface area contributed by atoms with Crippen molar-refractivity contribution in [3.05, 3.63) is 52.6 Å². The van der Waals surface area contributed by atoms with Gasteiger partial charge in [-0.1, -0.05) is 50.1 Å². The Labute approximate surface area is 200 Å². The van der Waals surface area contributed by atoms with E-state index >= 15 is 0 Å². The Hall–Kier alpha value is -2.99. The van der Waals surface area contributed by atoms with Crippen molar-refractivity contribution in [2.45, 2.75) is 53.5 Å². The molecule has 0 saturated heterocycles. The lowest BCUT2D eigenvalue weighted by Gasteiger charge is -2.17. The molecular formula is C26H32ClN3O3. The van der Waals surface area contributed by atoms with Crippen molar-refractivity contribution in [1.29, 1.82) is 0 Å². The zero-order valence-electron chi connectivity index (χ0n) is 20.0. The monoisotopic (exact) mass is 469 g/mol. The van der Waals surface area contributed by atoms with Gasteiger partial charge in [0, 0.05) is 23.6 Å². The second-order valence-corrected chi connectivity index (χ2v) is 8.35. The number of allylic oxidation sites excluding steroid dienone is 2. The van der Waals surface area contributed by atoms with Gasteiger partial charge in [0.2, 0.25) is 5.95 Å². The maximum absolute atomic E-state index is 11.4. The van der Waals surface area contributed by atoms with Crippen molar-refractivity contribution in [2.75, 3.05) is 19.0 Å². The molecular weight excluding hydrogens is 438 g/mol. The minimum absolute atomic E-state index is 0.251. The van der Waals surface area contributed by atoms with Crippen LogP contribution in [-0.4, -0.2) is 29.2 Å². The summed E-state index contributed by atoms with van der Waals surface area (Å²) >= 11 is 6.23. The van der Waals surface area contributed by atoms with Gasteiger partial charge < -0.3 is 19.4 Å². The summed E-state index contributed by atoms with van der Waals surface area (Å²) in [7, 11) is 1.62. The summed E-state index contributed by atoms with van der Waals surface area (Å²) in [5.41, 5.74) is 6.08. The highest BCUT2D eigenvalue weighted by molar-refractivity contribution is 6.31. The Morgan fingerprint density at radius 1 is 1.27 bits per heavy atom. The van der Waals surface area contributed by atoms with E-state index in [0.717, 1.165) is 47.1 Å². The smallest absolute Gasteiger partial charge is 0.302 e. The number of imidazole rings is 1. The van der Waals surface area contributed by atoms with E-state index < -0.39 is 0 Å². The van der Waals surface area contributed by atoms with Gasteiger partial charge in [0.1, 0.15) is 12.4 Å². The summed E-state index contributed by atoms with van der Waals surface area (Å²) in [6.07, 6.45) is 5.27. The summed E-state index contributed by atoms with van der Waals surface area (Å²) in [5.74, 6) is 0.985. The highest BCUT2D eigenvalue weighted by atomic mass is 35.5. The van der Waals surface area contributed by atoms with Crippen LogP contribution in [0.3, 0.4) is 0 Å². The minimum Gasteiger partial charge on any atom is -0.495 e. The minimum atomic E-state index is -0.304. The van der Waals surface area contributed by atoms with Crippen LogP contribution >= 0.6 is 11.6 Å². The zero-order chi connectivity index (χ0) is 24.0. The van der Waals surface area contributed by atoms with Gasteiger partial charge in [0.05, 0.1) is 30.4 Å². The fourth-order valence-corrected chi connectivity index (χ4v) is 4.31. The zero-order valence-corrected chi connectivity index (χ0v) is 20.8. The van der Waals surface area contributed by atoms with Gasteiger partial charge in [-0.05, 0) is 43.0 Å².